The van der Waals surface area contributed by atoms with Crippen LogP contribution in [-0.2, 0) is 11.0 Å². The fourth-order valence-corrected chi connectivity index (χ4v) is 4.34. The number of amides is 1. The molecule has 2 aliphatic rings. The first-order valence-corrected chi connectivity index (χ1v) is 9.45. The monoisotopic (exact) mass is 389 g/mol. The van der Waals surface area contributed by atoms with Crippen molar-refractivity contribution in [2.24, 2.45) is 0 Å². The van der Waals surface area contributed by atoms with Crippen molar-refractivity contribution in [3.8, 4) is 11.1 Å². The lowest BCUT2D eigenvalue weighted by Crippen LogP contribution is -2.57. The number of carbonyl (C=O) groups is 1. The lowest BCUT2D eigenvalue weighted by atomic mass is 9.87. The van der Waals surface area contributed by atoms with Gasteiger partial charge in [0.05, 0.1) is 22.8 Å². The van der Waals surface area contributed by atoms with Gasteiger partial charge in [-0.2, -0.15) is 13.2 Å². The number of aromatic nitrogens is 1. The molecule has 1 amide bonds. The summed E-state index contributed by atoms with van der Waals surface area (Å²) >= 11 is 0. The Bertz CT molecular complexity index is 898. The van der Waals surface area contributed by atoms with Crippen molar-refractivity contribution in [1.82, 2.24) is 15.2 Å². The molecule has 0 aliphatic carbocycles. The van der Waals surface area contributed by atoms with Gasteiger partial charge >= 0.3 is 6.18 Å². The second-order valence-electron chi connectivity index (χ2n) is 7.70. The summed E-state index contributed by atoms with van der Waals surface area (Å²) in [6.45, 7) is 0.774. The van der Waals surface area contributed by atoms with Gasteiger partial charge in [-0.05, 0) is 61.1 Å². The van der Waals surface area contributed by atoms with Crippen LogP contribution in [0.2, 0.25) is 0 Å². The van der Waals surface area contributed by atoms with Crippen LogP contribution in [0, 0.1) is 0 Å². The number of nitrogens with one attached hydrogen (secondary N) is 1. The average Bonchev–Trinajstić information content (AvgIpc) is 3.11. The van der Waals surface area contributed by atoms with E-state index in [-0.39, 0.29) is 11.9 Å². The van der Waals surface area contributed by atoms with E-state index in [1.165, 1.54) is 6.07 Å². The largest absolute Gasteiger partial charge is 0.416 e. The summed E-state index contributed by atoms with van der Waals surface area (Å²) in [5.41, 5.74) is 0.738. The Morgan fingerprint density at radius 2 is 1.96 bits per heavy atom. The molecule has 28 heavy (non-hydrogen) atoms. The van der Waals surface area contributed by atoms with Gasteiger partial charge in [-0.25, -0.2) is 0 Å². The van der Waals surface area contributed by atoms with Gasteiger partial charge in [0, 0.05) is 19.8 Å². The van der Waals surface area contributed by atoms with Crippen LogP contribution in [0.15, 0.2) is 42.6 Å². The molecule has 0 radical (unpaired) electrons. The topological polar surface area (TPSA) is 45.2 Å². The van der Waals surface area contributed by atoms with Gasteiger partial charge in [0.15, 0.2) is 0 Å². The Morgan fingerprint density at radius 3 is 2.75 bits per heavy atom. The summed E-state index contributed by atoms with van der Waals surface area (Å²) in [5.74, 6) is 0.121. The standard InChI is InChI=1S/C21H22F3N3O/c1-27-11-3-8-20(19(27)28)9-6-17(26-20)18-13-15(7-10-25-18)14-4-2-5-16(12-14)21(22,23)24/h2,4-5,7,10,12-13,17,26H,3,6,8-9,11H2,1H3/t17-,20+/m1/s1. The van der Waals surface area contributed by atoms with Crippen LogP contribution >= 0.6 is 0 Å². The fourth-order valence-electron chi connectivity index (χ4n) is 4.34. The minimum atomic E-state index is -4.38. The number of likely N-dealkylation sites (N-methyl/N-ethyl adjacent to an activating group) is 1. The summed E-state index contributed by atoms with van der Waals surface area (Å²) in [4.78, 5) is 18.9. The van der Waals surface area contributed by atoms with Crippen LogP contribution in [0.1, 0.15) is 43.0 Å². The first-order chi connectivity index (χ1) is 13.3. The van der Waals surface area contributed by atoms with E-state index in [1.807, 2.05) is 13.1 Å². The van der Waals surface area contributed by atoms with Crippen molar-refractivity contribution in [3.63, 3.8) is 0 Å². The van der Waals surface area contributed by atoms with E-state index in [9.17, 15) is 18.0 Å². The minimum absolute atomic E-state index is 0.0822. The zero-order chi connectivity index (χ0) is 19.9. The zero-order valence-corrected chi connectivity index (χ0v) is 15.6. The van der Waals surface area contributed by atoms with Gasteiger partial charge in [0.25, 0.3) is 0 Å². The number of benzene rings is 1. The predicted molar refractivity (Wildman–Crippen MR) is 99.4 cm³/mol. The second-order valence-corrected chi connectivity index (χ2v) is 7.70. The highest BCUT2D eigenvalue weighted by molar-refractivity contribution is 5.87. The number of carbonyl (C=O) groups excluding carboxylic acids is 1. The molecule has 2 atom stereocenters. The molecule has 2 aromatic rings. The van der Waals surface area contributed by atoms with Crippen LogP contribution in [0.3, 0.4) is 0 Å². The third kappa shape index (κ3) is 3.39. The lowest BCUT2D eigenvalue weighted by Gasteiger charge is -2.38. The maximum atomic E-state index is 13.0. The van der Waals surface area contributed by atoms with Crippen molar-refractivity contribution in [2.75, 3.05) is 13.6 Å². The van der Waals surface area contributed by atoms with Crippen molar-refractivity contribution in [2.45, 2.75) is 43.4 Å². The first-order valence-electron chi connectivity index (χ1n) is 9.45. The molecule has 1 spiro atoms. The number of piperidine rings is 1. The summed E-state index contributed by atoms with van der Waals surface area (Å²) in [7, 11) is 1.82. The number of nitrogens with zero attached hydrogens (tertiary/aromatic N) is 2. The Hall–Kier alpha value is -2.41. The molecule has 2 saturated heterocycles. The SMILES string of the molecule is CN1CCC[C@]2(CC[C@H](c3cc(-c4cccc(C(F)(F)F)c4)ccn3)N2)C1=O. The van der Waals surface area contributed by atoms with E-state index in [4.69, 9.17) is 0 Å². The molecule has 148 valence electrons. The van der Waals surface area contributed by atoms with Crippen molar-refractivity contribution < 1.29 is 18.0 Å². The van der Waals surface area contributed by atoms with E-state index < -0.39 is 17.3 Å². The molecule has 4 nitrogen and oxygen atoms in total. The highest BCUT2D eigenvalue weighted by atomic mass is 19.4. The maximum Gasteiger partial charge on any atom is 0.416 e. The molecule has 0 unspecified atom stereocenters. The maximum absolute atomic E-state index is 13.0. The van der Waals surface area contributed by atoms with Gasteiger partial charge in [-0.3, -0.25) is 15.1 Å². The van der Waals surface area contributed by atoms with E-state index in [0.29, 0.717) is 11.1 Å². The molecule has 2 aliphatic heterocycles. The molecule has 1 aromatic heterocycles. The third-order valence-electron chi connectivity index (χ3n) is 5.82. The molecular formula is C21H22F3N3O. The molecular weight excluding hydrogens is 367 g/mol. The number of hydrogen-bond acceptors (Lipinski definition) is 3. The fraction of sp³-hybridized carbons (Fsp3) is 0.429. The van der Waals surface area contributed by atoms with Crippen molar-refractivity contribution >= 4 is 5.91 Å². The second kappa shape index (κ2) is 6.88. The average molecular weight is 389 g/mol. The summed E-state index contributed by atoms with van der Waals surface area (Å²) < 4.78 is 39.1. The molecule has 3 heterocycles. The Balaban J connectivity index is 1.60. The van der Waals surface area contributed by atoms with E-state index in [1.54, 1.807) is 23.2 Å². The molecule has 1 aromatic carbocycles. The summed E-state index contributed by atoms with van der Waals surface area (Å²) in [6, 6.07) is 8.75. The predicted octanol–water partition coefficient (Wildman–Crippen LogP) is 4.18. The van der Waals surface area contributed by atoms with Gasteiger partial charge in [0.2, 0.25) is 5.91 Å². The molecule has 4 rings (SSSR count). The number of alkyl halides is 3. The molecule has 1 N–H and O–H groups in total. The molecule has 2 fully saturated rings. The van der Waals surface area contributed by atoms with Gasteiger partial charge in [-0.1, -0.05) is 12.1 Å². The normalized spacial score (nSPS) is 25.5. The minimum Gasteiger partial charge on any atom is -0.344 e. The molecule has 0 saturated carbocycles. The van der Waals surface area contributed by atoms with Gasteiger partial charge < -0.3 is 4.90 Å². The molecule has 7 heteroatoms. The quantitative estimate of drug-likeness (QED) is 0.838. The lowest BCUT2D eigenvalue weighted by molar-refractivity contribution is -0.140. The highest BCUT2D eigenvalue weighted by Gasteiger charge is 2.48. The van der Waals surface area contributed by atoms with Crippen LogP contribution in [0.4, 0.5) is 13.2 Å². The first kappa shape index (κ1) is 18.9. The Morgan fingerprint density at radius 1 is 1.18 bits per heavy atom. The number of hydrogen-bond donors (Lipinski definition) is 1. The zero-order valence-electron chi connectivity index (χ0n) is 15.6. The Kier molecular flexibility index (Phi) is 4.65. The van der Waals surface area contributed by atoms with E-state index >= 15 is 0 Å². The van der Waals surface area contributed by atoms with Crippen LogP contribution in [0.5, 0.6) is 0 Å². The van der Waals surface area contributed by atoms with Gasteiger partial charge in [-0.15, -0.1) is 0 Å². The van der Waals surface area contributed by atoms with Crippen LogP contribution in [0.25, 0.3) is 11.1 Å². The molecule has 0 bridgehead atoms. The van der Waals surface area contributed by atoms with E-state index in [2.05, 4.69) is 10.3 Å². The smallest absolute Gasteiger partial charge is 0.344 e. The number of rotatable bonds is 2. The number of pyridine rings is 1. The summed E-state index contributed by atoms with van der Waals surface area (Å²) in [6.07, 6.45) is 0.527. The van der Waals surface area contributed by atoms with E-state index in [0.717, 1.165) is 50.1 Å². The van der Waals surface area contributed by atoms with Crippen molar-refractivity contribution in [1.29, 1.82) is 0 Å². The van der Waals surface area contributed by atoms with Crippen molar-refractivity contribution in [3.05, 3.63) is 53.9 Å². The Labute approximate surface area is 161 Å². The highest BCUT2D eigenvalue weighted by Crippen LogP contribution is 2.39. The summed E-state index contributed by atoms with van der Waals surface area (Å²) in [5, 5.41) is 3.48. The van der Waals surface area contributed by atoms with Crippen LogP contribution in [-0.4, -0.2) is 34.9 Å². The van der Waals surface area contributed by atoms with Gasteiger partial charge in [0.1, 0.15) is 0 Å². The number of halogens is 3. The number of likely N-dealkylation sites (tertiary alicyclic amines) is 1. The van der Waals surface area contributed by atoms with Crippen LogP contribution < -0.4 is 5.32 Å². The third-order valence-corrected chi connectivity index (χ3v) is 5.82.